The molecule has 1 aliphatic rings. The predicted molar refractivity (Wildman–Crippen MR) is 83.0 cm³/mol. The lowest BCUT2D eigenvalue weighted by atomic mass is 10.2. The summed E-state index contributed by atoms with van der Waals surface area (Å²) >= 11 is 0. The summed E-state index contributed by atoms with van der Waals surface area (Å²) in [5.74, 6) is 0.694. The molecule has 0 aliphatic heterocycles. The molecule has 0 bridgehead atoms. The molecule has 2 N–H and O–H groups in total. The molecule has 6 heteroatoms. The van der Waals surface area contributed by atoms with Crippen molar-refractivity contribution >= 4 is 10.0 Å². The van der Waals surface area contributed by atoms with E-state index in [1.165, 1.54) is 0 Å². The van der Waals surface area contributed by atoms with Gasteiger partial charge in [-0.3, -0.25) is 0 Å². The molecule has 21 heavy (non-hydrogen) atoms. The molecule has 0 aromatic heterocycles. The second-order valence-corrected chi connectivity index (χ2v) is 7.68. The molecule has 0 atom stereocenters. The molecule has 0 amide bonds. The van der Waals surface area contributed by atoms with Crippen molar-refractivity contribution in [2.75, 3.05) is 26.7 Å². The van der Waals surface area contributed by atoms with E-state index in [1.54, 1.807) is 24.3 Å². The lowest BCUT2D eigenvalue weighted by Crippen LogP contribution is -2.29. The van der Waals surface area contributed by atoms with Gasteiger partial charge in [0.1, 0.15) is 5.75 Å². The normalized spacial score (nSPS) is 16.7. The van der Waals surface area contributed by atoms with Crippen LogP contribution in [0.1, 0.15) is 26.2 Å². The first kappa shape index (κ1) is 16.3. The Hall–Kier alpha value is -1.11. The maximum Gasteiger partial charge on any atom is 0.240 e. The maximum absolute atomic E-state index is 12.2. The van der Waals surface area contributed by atoms with Crippen molar-refractivity contribution in [3.05, 3.63) is 24.3 Å². The number of ether oxygens (including phenoxy) is 1. The molecule has 1 aliphatic carbocycles. The van der Waals surface area contributed by atoms with Gasteiger partial charge in [-0.25, -0.2) is 13.1 Å². The van der Waals surface area contributed by atoms with Crippen LogP contribution in [-0.2, 0) is 10.0 Å². The van der Waals surface area contributed by atoms with Crippen molar-refractivity contribution in [2.24, 2.45) is 5.41 Å². The second kappa shape index (κ2) is 6.77. The molecule has 1 aromatic carbocycles. The van der Waals surface area contributed by atoms with Crippen LogP contribution < -0.4 is 14.8 Å². The van der Waals surface area contributed by atoms with Crippen molar-refractivity contribution in [1.82, 2.24) is 10.0 Å². The molecule has 1 aromatic rings. The number of benzene rings is 1. The number of nitrogens with one attached hydrogen (secondary N) is 2. The molecular formula is C15H24N2O3S. The Labute approximate surface area is 127 Å². The summed E-state index contributed by atoms with van der Waals surface area (Å²) in [6, 6.07) is 6.58. The van der Waals surface area contributed by atoms with Crippen molar-refractivity contribution in [3.8, 4) is 5.75 Å². The Morgan fingerprint density at radius 1 is 1.24 bits per heavy atom. The van der Waals surface area contributed by atoms with Crippen molar-refractivity contribution < 1.29 is 13.2 Å². The Kier molecular flexibility index (Phi) is 5.24. The third-order valence-corrected chi connectivity index (χ3v) is 5.18. The summed E-state index contributed by atoms with van der Waals surface area (Å²) in [7, 11) is -1.52. The van der Waals surface area contributed by atoms with Crippen molar-refractivity contribution in [3.63, 3.8) is 0 Å². The van der Waals surface area contributed by atoms with E-state index >= 15 is 0 Å². The first-order valence-electron chi connectivity index (χ1n) is 7.32. The minimum Gasteiger partial charge on any atom is -0.494 e. The van der Waals surface area contributed by atoms with Gasteiger partial charge in [0, 0.05) is 6.54 Å². The third-order valence-electron chi connectivity index (χ3n) is 3.77. The van der Waals surface area contributed by atoms with E-state index in [4.69, 9.17) is 4.74 Å². The van der Waals surface area contributed by atoms with Gasteiger partial charge in [0.15, 0.2) is 0 Å². The summed E-state index contributed by atoms with van der Waals surface area (Å²) in [6.45, 7) is 4.12. The maximum atomic E-state index is 12.2. The molecule has 0 radical (unpaired) electrons. The monoisotopic (exact) mass is 312 g/mol. The van der Waals surface area contributed by atoms with Gasteiger partial charge in [0.2, 0.25) is 10.0 Å². The highest BCUT2D eigenvalue weighted by molar-refractivity contribution is 7.89. The SMILES string of the molecule is CNCCCOc1ccc(S(=O)(=O)NCC2(C)CC2)cc1. The highest BCUT2D eigenvalue weighted by Crippen LogP contribution is 2.44. The lowest BCUT2D eigenvalue weighted by Gasteiger charge is -2.11. The summed E-state index contributed by atoms with van der Waals surface area (Å²) in [5, 5.41) is 3.05. The molecule has 1 saturated carbocycles. The zero-order valence-electron chi connectivity index (χ0n) is 12.7. The van der Waals surface area contributed by atoms with Crippen LogP contribution in [0.25, 0.3) is 0 Å². The Morgan fingerprint density at radius 3 is 2.48 bits per heavy atom. The molecule has 1 fully saturated rings. The Morgan fingerprint density at radius 2 is 1.90 bits per heavy atom. The predicted octanol–water partition coefficient (Wildman–Crippen LogP) is 1.75. The van der Waals surface area contributed by atoms with Crippen LogP contribution in [-0.4, -0.2) is 35.2 Å². The van der Waals surface area contributed by atoms with E-state index < -0.39 is 10.0 Å². The van der Waals surface area contributed by atoms with Gasteiger partial charge in [-0.2, -0.15) is 0 Å². The average Bonchev–Trinajstić information content (AvgIpc) is 3.21. The van der Waals surface area contributed by atoms with Crippen LogP contribution in [0.5, 0.6) is 5.75 Å². The van der Waals surface area contributed by atoms with Gasteiger partial charge in [0.25, 0.3) is 0 Å². The van der Waals surface area contributed by atoms with E-state index in [2.05, 4.69) is 17.0 Å². The largest absolute Gasteiger partial charge is 0.494 e. The van der Waals surface area contributed by atoms with Gasteiger partial charge < -0.3 is 10.1 Å². The summed E-state index contributed by atoms with van der Waals surface area (Å²) in [4.78, 5) is 0.286. The van der Waals surface area contributed by atoms with Crippen LogP contribution in [0.4, 0.5) is 0 Å². The van der Waals surface area contributed by atoms with Crippen LogP contribution in [0, 0.1) is 5.41 Å². The van der Waals surface area contributed by atoms with Gasteiger partial charge in [0.05, 0.1) is 11.5 Å². The highest BCUT2D eigenvalue weighted by atomic mass is 32.2. The summed E-state index contributed by atoms with van der Waals surface area (Å²) in [6.07, 6.45) is 3.10. The number of hydrogen-bond acceptors (Lipinski definition) is 4. The molecule has 0 spiro atoms. The molecule has 118 valence electrons. The fourth-order valence-corrected chi connectivity index (χ4v) is 3.10. The molecule has 0 heterocycles. The van der Waals surface area contributed by atoms with Crippen LogP contribution in [0.15, 0.2) is 29.2 Å². The van der Waals surface area contributed by atoms with E-state index in [0.29, 0.717) is 18.9 Å². The first-order chi connectivity index (χ1) is 9.95. The van der Waals surface area contributed by atoms with E-state index in [9.17, 15) is 8.42 Å². The minimum absolute atomic E-state index is 0.156. The lowest BCUT2D eigenvalue weighted by molar-refractivity contribution is 0.309. The van der Waals surface area contributed by atoms with Crippen molar-refractivity contribution in [1.29, 1.82) is 0 Å². The third kappa shape index (κ3) is 4.98. The van der Waals surface area contributed by atoms with Gasteiger partial charge in [-0.05, 0) is 62.5 Å². The van der Waals surface area contributed by atoms with Gasteiger partial charge >= 0.3 is 0 Å². The number of hydrogen-bond donors (Lipinski definition) is 2. The van der Waals surface area contributed by atoms with Gasteiger partial charge in [-0.1, -0.05) is 6.92 Å². The zero-order chi connectivity index (χ0) is 15.3. The standard InChI is InChI=1S/C15H24N2O3S/c1-15(8-9-15)12-17-21(18,19)14-6-4-13(5-7-14)20-11-3-10-16-2/h4-7,16-17H,3,8-12H2,1-2H3. The van der Waals surface area contributed by atoms with Crippen LogP contribution in [0.3, 0.4) is 0 Å². The first-order valence-corrected chi connectivity index (χ1v) is 8.81. The second-order valence-electron chi connectivity index (χ2n) is 5.91. The van der Waals surface area contributed by atoms with Crippen molar-refractivity contribution in [2.45, 2.75) is 31.1 Å². The molecule has 5 nitrogen and oxygen atoms in total. The Balaban J connectivity index is 1.88. The molecule has 2 rings (SSSR count). The van der Waals surface area contributed by atoms with E-state index in [0.717, 1.165) is 25.8 Å². The summed E-state index contributed by atoms with van der Waals surface area (Å²) in [5.41, 5.74) is 0.156. The average molecular weight is 312 g/mol. The zero-order valence-corrected chi connectivity index (χ0v) is 13.5. The molecule has 0 saturated heterocycles. The number of rotatable bonds is 9. The molecule has 0 unspecified atom stereocenters. The Bertz CT molecular complexity index is 551. The van der Waals surface area contributed by atoms with Gasteiger partial charge in [-0.15, -0.1) is 0 Å². The highest BCUT2D eigenvalue weighted by Gasteiger charge is 2.38. The quantitative estimate of drug-likeness (QED) is 0.682. The summed E-state index contributed by atoms with van der Waals surface area (Å²) < 4.78 is 32.5. The molecular weight excluding hydrogens is 288 g/mol. The van der Waals surface area contributed by atoms with E-state index in [1.807, 2.05) is 7.05 Å². The topological polar surface area (TPSA) is 67.4 Å². The fraction of sp³-hybridized carbons (Fsp3) is 0.600. The fourth-order valence-electron chi connectivity index (χ4n) is 1.90. The smallest absolute Gasteiger partial charge is 0.240 e. The van der Waals surface area contributed by atoms with E-state index in [-0.39, 0.29) is 10.3 Å². The van der Waals surface area contributed by atoms with Crippen LogP contribution >= 0.6 is 0 Å². The number of sulfonamides is 1. The van der Waals surface area contributed by atoms with Crippen LogP contribution in [0.2, 0.25) is 0 Å². The minimum atomic E-state index is -3.41.